The minimum absolute atomic E-state index is 0.244. The molecule has 7 aromatic rings. The fourth-order valence-electron chi connectivity index (χ4n) is 9.78. The van der Waals surface area contributed by atoms with Crippen molar-refractivity contribution >= 4 is 21.5 Å². The quantitative estimate of drug-likeness (QED) is 0.0360. The van der Waals surface area contributed by atoms with Gasteiger partial charge in [0.1, 0.15) is 23.1 Å². The van der Waals surface area contributed by atoms with Gasteiger partial charge in [0.05, 0.1) is 13.2 Å². The van der Waals surface area contributed by atoms with Crippen LogP contribution in [-0.4, -0.2) is 13.2 Å². The molecule has 0 aromatic heterocycles. The summed E-state index contributed by atoms with van der Waals surface area (Å²) < 4.78 is 46.0. The van der Waals surface area contributed by atoms with E-state index in [4.69, 9.17) is 9.47 Å². The smallest absolute Gasteiger partial charge is 0.135 e. The van der Waals surface area contributed by atoms with Gasteiger partial charge in [0, 0.05) is 32.7 Å². The van der Waals surface area contributed by atoms with Crippen molar-refractivity contribution in [1.82, 2.24) is 0 Å². The molecule has 0 saturated heterocycles. The van der Waals surface area contributed by atoms with Crippen LogP contribution in [0.25, 0.3) is 66.1 Å². The van der Waals surface area contributed by atoms with Crippen LogP contribution in [0.15, 0.2) is 121 Å². The Kier molecular flexibility index (Phi) is 19.5. The summed E-state index contributed by atoms with van der Waals surface area (Å²) >= 11 is 0. The minimum Gasteiger partial charge on any atom is -0.492 e. The average molecular weight is 915 g/mol. The lowest BCUT2D eigenvalue weighted by molar-refractivity contribution is 0.306. The minimum atomic E-state index is -0.244. The highest BCUT2D eigenvalue weighted by atomic mass is 19.1. The molecule has 0 fully saturated rings. The molecule has 0 aliphatic rings. The van der Waals surface area contributed by atoms with E-state index < -0.39 is 0 Å². The van der Waals surface area contributed by atoms with Crippen LogP contribution in [0.2, 0.25) is 0 Å². The van der Waals surface area contributed by atoms with Crippen molar-refractivity contribution < 1.29 is 18.3 Å². The van der Waals surface area contributed by atoms with Crippen LogP contribution in [0, 0.1) is 11.6 Å². The number of unbranched alkanes of at least 4 members (excludes halogenated alkanes) is 14. The topological polar surface area (TPSA) is 18.5 Å². The summed E-state index contributed by atoms with van der Waals surface area (Å²) in [6.07, 6.45) is 23.6. The number of rotatable bonds is 28. The van der Waals surface area contributed by atoms with Gasteiger partial charge in [0.25, 0.3) is 0 Å². The Morgan fingerprint density at radius 1 is 0.309 bits per heavy atom. The van der Waals surface area contributed by atoms with Crippen molar-refractivity contribution in [3.63, 3.8) is 0 Å². The lowest BCUT2D eigenvalue weighted by atomic mass is 9.93. The Balaban J connectivity index is 1.25. The Labute approximate surface area is 407 Å². The molecule has 68 heavy (non-hydrogen) atoms. The first-order chi connectivity index (χ1) is 33.4. The summed E-state index contributed by atoms with van der Waals surface area (Å²) in [6, 6.07) is 40.5. The lowest BCUT2D eigenvalue weighted by Gasteiger charge is -2.20. The number of hydrogen-bond acceptors (Lipinski definition) is 2. The highest BCUT2D eigenvalue weighted by Gasteiger charge is 2.20. The van der Waals surface area contributed by atoms with Gasteiger partial charge in [0.15, 0.2) is 0 Å². The molecule has 0 aliphatic heterocycles. The molecule has 0 aliphatic carbocycles. The molecule has 0 spiro atoms. The summed E-state index contributed by atoms with van der Waals surface area (Å²) in [5.41, 5.74) is 8.93. The first-order valence-corrected chi connectivity index (χ1v) is 26.5. The predicted molar refractivity (Wildman–Crippen MR) is 287 cm³/mol. The number of hydrogen-bond donors (Lipinski definition) is 0. The van der Waals surface area contributed by atoms with E-state index in [1.54, 1.807) is 12.1 Å². The van der Waals surface area contributed by atoms with Crippen molar-refractivity contribution in [2.75, 3.05) is 13.2 Å². The molecule has 0 amide bonds. The largest absolute Gasteiger partial charge is 0.492 e. The summed E-state index contributed by atoms with van der Waals surface area (Å²) in [4.78, 5) is 0. The molecule has 7 aromatic carbocycles. The normalized spacial score (nSPS) is 11.5. The highest BCUT2D eigenvalue weighted by molar-refractivity contribution is 6.13. The van der Waals surface area contributed by atoms with E-state index in [2.05, 4.69) is 88.4 Å². The second-order valence-electron chi connectivity index (χ2n) is 19.1. The number of halogens is 2. The predicted octanol–water partition coefficient (Wildman–Crippen LogP) is 19.9. The van der Waals surface area contributed by atoms with Gasteiger partial charge in [-0.2, -0.15) is 0 Å². The van der Waals surface area contributed by atoms with Crippen molar-refractivity contribution in [3.8, 4) is 56.0 Å². The third-order valence-corrected chi connectivity index (χ3v) is 13.7. The van der Waals surface area contributed by atoms with E-state index in [9.17, 15) is 0 Å². The summed E-state index contributed by atoms with van der Waals surface area (Å²) in [7, 11) is 0. The Morgan fingerprint density at radius 3 is 0.985 bits per heavy atom. The fraction of sp³-hybridized carbons (Fsp3) is 0.406. The van der Waals surface area contributed by atoms with Crippen molar-refractivity contribution in [1.29, 1.82) is 0 Å². The van der Waals surface area contributed by atoms with Gasteiger partial charge >= 0.3 is 0 Å². The zero-order chi connectivity index (χ0) is 47.5. The monoisotopic (exact) mass is 915 g/mol. The van der Waals surface area contributed by atoms with Crippen LogP contribution < -0.4 is 9.47 Å². The number of fused-ring (bicyclic) bond motifs is 2. The third kappa shape index (κ3) is 13.4. The average Bonchev–Trinajstić information content (AvgIpc) is 3.36. The van der Waals surface area contributed by atoms with E-state index >= 15 is 8.78 Å². The standard InChI is InChI=1S/C64H76F2O2/c1-5-9-11-13-15-17-19-21-41-67-63-57-39-35-52(54-34-38-56(62(66)46-54)50-31-27-48(24-8-4)28-32-50)44-60(57)64(68-42-22-20-18-16-14-12-10-6-2)58-40-36-51(43-59(58)63)53-33-37-55(61(65)45-53)49-29-25-47(23-7-3)26-30-49/h25-40,43-46H,5-24,41-42H2,1-4H3. The molecule has 0 unspecified atom stereocenters. The van der Waals surface area contributed by atoms with Gasteiger partial charge in [0.2, 0.25) is 0 Å². The molecule has 4 heteroatoms. The van der Waals surface area contributed by atoms with E-state index in [0.29, 0.717) is 24.3 Å². The molecule has 2 nitrogen and oxygen atoms in total. The Morgan fingerprint density at radius 2 is 0.632 bits per heavy atom. The van der Waals surface area contributed by atoms with Crippen LogP contribution in [-0.2, 0) is 12.8 Å². The lowest BCUT2D eigenvalue weighted by Crippen LogP contribution is -2.03. The molecule has 0 atom stereocenters. The fourth-order valence-corrected chi connectivity index (χ4v) is 9.78. The number of ether oxygens (including phenoxy) is 2. The maximum absolute atomic E-state index is 16.1. The molecule has 0 saturated carbocycles. The van der Waals surface area contributed by atoms with Gasteiger partial charge in [-0.15, -0.1) is 0 Å². The molecular weight excluding hydrogens is 839 g/mol. The van der Waals surface area contributed by atoms with Gasteiger partial charge < -0.3 is 9.47 Å². The van der Waals surface area contributed by atoms with Crippen molar-refractivity contribution in [3.05, 3.63) is 144 Å². The zero-order valence-electron chi connectivity index (χ0n) is 41.7. The molecule has 0 heterocycles. The van der Waals surface area contributed by atoms with Gasteiger partial charge in [-0.3, -0.25) is 0 Å². The summed E-state index contributed by atoms with van der Waals surface area (Å²) in [5, 5.41) is 3.82. The van der Waals surface area contributed by atoms with Crippen LogP contribution in [0.1, 0.15) is 154 Å². The molecule has 0 bridgehead atoms. The van der Waals surface area contributed by atoms with E-state index in [1.165, 1.54) is 88.2 Å². The molecule has 358 valence electrons. The molecule has 0 radical (unpaired) electrons. The first kappa shape index (κ1) is 50.4. The van der Waals surface area contributed by atoms with Crippen LogP contribution in [0.3, 0.4) is 0 Å². The Bertz CT molecular complexity index is 2460. The van der Waals surface area contributed by atoms with Crippen molar-refractivity contribution in [2.45, 2.75) is 156 Å². The third-order valence-electron chi connectivity index (χ3n) is 13.7. The second-order valence-corrected chi connectivity index (χ2v) is 19.1. The van der Waals surface area contributed by atoms with E-state index in [0.717, 1.165) is 118 Å². The van der Waals surface area contributed by atoms with Gasteiger partial charge in [-0.1, -0.05) is 215 Å². The maximum Gasteiger partial charge on any atom is 0.135 e. The summed E-state index contributed by atoms with van der Waals surface area (Å²) in [6.45, 7) is 10.1. The Hall–Kier alpha value is -5.48. The van der Waals surface area contributed by atoms with Crippen molar-refractivity contribution in [2.24, 2.45) is 0 Å². The molecule has 0 N–H and O–H groups in total. The van der Waals surface area contributed by atoms with Crippen LogP contribution >= 0.6 is 0 Å². The van der Waals surface area contributed by atoms with Gasteiger partial charge in [-0.25, -0.2) is 8.78 Å². The molecule has 7 rings (SSSR count). The molecular formula is C64H76F2O2. The number of benzene rings is 7. The maximum atomic E-state index is 16.1. The second kappa shape index (κ2) is 26.3. The first-order valence-electron chi connectivity index (χ1n) is 26.5. The van der Waals surface area contributed by atoms with E-state index in [1.807, 2.05) is 48.5 Å². The zero-order valence-corrected chi connectivity index (χ0v) is 41.7. The SMILES string of the molecule is CCCCCCCCCCOc1c2ccc(-c3ccc(-c4ccc(CCC)cc4)c(F)c3)cc2c(OCCCCCCCCCC)c2ccc(-c3ccc(-c4ccc(CCC)cc4)c(F)c3)cc12. The van der Waals surface area contributed by atoms with E-state index in [-0.39, 0.29) is 11.6 Å². The van der Waals surface area contributed by atoms with Crippen LogP contribution in [0.4, 0.5) is 8.78 Å². The highest BCUT2D eigenvalue weighted by Crippen LogP contribution is 2.46. The summed E-state index contributed by atoms with van der Waals surface area (Å²) in [5.74, 6) is 1.13. The number of aryl methyl sites for hydroxylation is 2. The van der Waals surface area contributed by atoms with Crippen LogP contribution in [0.5, 0.6) is 11.5 Å². The van der Waals surface area contributed by atoms with Gasteiger partial charge in [-0.05, 0) is 107 Å².